The summed E-state index contributed by atoms with van der Waals surface area (Å²) < 4.78 is 47.8. The molecule has 0 fully saturated rings. The van der Waals surface area contributed by atoms with E-state index >= 15 is 0 Å². The van der Waals surface area contributed by atoms with E-state index in [1.165, 1.54) is 19.2 Å². The van der Waals surface area contributed by atoms with Gasteiger partial charge in [0.15, 0.2) is 0 Å². The summed E-state index contributed by atoms with van der Waals surface area (Å²) in [5, 5.41) is 8.76. The molecule has 120 valence electrons. The van der Waals surface area contributed by atoms with Gasteiger partial charge in [-0.15, -0.1) is 0 Å². The molecule has 0 saturated carbocycles. The van der Waals surface area contributed by atoms with E-state index in [1.807, 2.05) is 0 Å². The summed E-state index contributed by atoms with van der Waals surface area (Å²) >= 11 is 0. The third kappa shape index (κ3) is 5.74. The van der Waals surface area contributed by atoms with E-state index in [2.05, 4.69) is 0 Å². The van der Waals surface area contributed by atoms with Crippen LogP contribution in [0.25, 0.3) is 0 Å². The minimum absolute atomic E-state index is 0.0760. The molecule has 0 heterocycles. The molecule has 6 nitrogen and oxygen atoms in total. The molecule has 0 radical (unpaired) electrons. The molecule has 0 amide bonds. The molecular formula is C13H21NO5S2. The fourth-order valence-corrected chi connectivity index (χ4v) is 3.60. The molecule has 0 atom stereocenters. The zero-order chi connectivity index (χ0) is 16.1. The molecule has 1 rings (SSSR count). The molecule has 0 aliphatic carbocycles. The van der Waals surface area contributed by atoms with E-state index in [4.69, 9.17) is 5.11 Å². The van der Waals surface area contributed by atoms with Gasteiger partial charge in [-0.05, 0) is 30.5 Å². The van der Waals surface area contributed by atoms with Gasteiger partial charge in [-0.2, -0.15) is 4.31 Å². The maximum absolute atomic E-state index is 12.3. The van der Waals surface area contributed by atoms with Crippen molar-refractivity contribution in [2.75, 3.05) is 32.2 Å². The molecule has 0 aliphatic rings. The van der Waals surface area contributed by atoms with E-state index < -0.39 is 19.9 Å². The van der Waals surface area contributed by atoms with E-state index in [1.54, 1.807) is 12.1 Å². The maximum Gasteiger partial charge on any atom is 0.242 e. The lowest BCUT2D eigenvalue weighted by atomic mass is 10.1. The minimum Gasteiger partial charge on any atom is -0.396 e. The molecule has 21 heavy (non-hydrogen) atoms. The summed E-state index contributed by atoms with van der Waals surface area (Å²) in [4.78, 5) is 0.131. The van der Waals surface area contributed by atoms with E-state index in [-0.39, 0.29) is 23.8 Å². The van der Waals surface area contributed by atoms with Gasteiger partial charge in [-0.1, -0.05) is 12.1 Å². The second-order valence-corrected chi connectivity index (χ2v) is 9.23. The summed E-state index contributed by atoms with van der Waals surface area (Å²) in [6.07, 6.45) is 2.38. The van der Waals surface area contributed by atoms with E-state index in [0.717, 1.165) is 16.1 Å². The number of rotatable bonds is 8. The van der Waals surface area contributed by atoms with E-state index in [0.29, 0.717) is 12.8 Å². The lowest BCUT2D eigenvalue weighted by Crippen LogP contribution is -2.31. The van der Waals surface area contributed by atoms with Crippen molar-refractivity contribution < 1.29 is 21.9 Å². The molecule has 0 saturated heterocycles. The summed E-state index contributed by atoms with van der Waals surface area (Å²) in [6, 6.07) is 6.40. The van der Waals surface area contributed by atoms with Crippen LogP contribution in [-0.2, 0) is 26.3 Å². The topological polar surface area (TPSA) is 91.8 Å². The Hall–Kier alpha value is -0.960. The maximum atomic E-state index is 12.3. The first-order chi connectivity index (χ1) is 9.66. The van der Waals surface area contributed by atoms with Crippen LogP contribution < -0.4 is 0 Å². The average Bonchev–Trinajstić information content (AvgIpc) is 2.42. The Morgan fingerprint density at radius 1 is 1.10 bits per heavy atom. The normalized spacial score (nSPS) is 12.8. The second-order valence-electron chi connectivity index (χ2n) is 4.93. The molecule has 8 heteroatoms. The van der Waals surface area contributed by atoms with Gasteiger partial charge < -0.3 is 5.11 Å². The Kier molecular flexibility index (Phi) is 6.33. The third-order valence-corrected chi connectivity index (χ3v) is 5.83. The molecule has 0 spiro atoms. The largest absolute Gasteiger partial charge is 0.396 e. The van der Waals surface area contributed by atoms with Crippen LogP contribution in [0.15, 0.2) is 29.2 Å². The minimum atomic E-state index is -3.68. The van der Waals surface area contributed by atoms with Crippen LogP contribution >= 0.6 is 0 Å². The van der Waals surface area contributed by atoms with Crippen molar-refractivity contribution in [1.82, 2.24) is 4.31 Å². The molecule has 1 N–H and O–H groups in total. The highest BCUT2D eigenvalue weighted by Gasteiger charge is 2.21. The highest BCUT2D eigenvalue weighted by atomic mass is 32.2. The van der Waals surface area contributed by atoms with Crippen LogP contribution in [0, 0.1) is 0 Å². The van der Waals surface area contributed by atoms with Gasteiger partial charge in [0.05, 0.1) is 10.6 Å². The molecule has 0 bridgehead atoms. The third-order valence-electron chi connectivity index (χ3n) is 3.03. The van der Waals surface area contributed by atoms with Crippen molar-refractivity contribution in [2.24, 2.45) is 0 Å². The summed E-state index contributed by atoms with van der Waals surface area (Å²) in [5.74, 6) is -0.211. The summed E-state index contributed by atoms with van der Waals surface area (Å²) in [5.41, 5.74) is 0.946. The SMILES string of the molecule is CN(CCS(C)(=O)=O)S(=O)(=O)c1ccc(CCCO)cc1. The predicted molar refractivity (Wildman–Crippen MR) is 81.4 cm³/mol. The molecule has 0 aromatic heterocycles. The molecule has 1 aromatic rings. The van der Waals surface area contributed by atoms with Crippen LogP contribution in [0.4, 0.5) is 0 Å². The number of aryl methyl sites for hydroxylation is 1. The van der Waals surface area contributed by atoms with Gasteiger partial charge in [0.1, 0.15) is 9.84 Å². The Balaban J connectivity index is 2.82. The van der Waals surface area contributed by atoms with Gasteiger partial charge in [0, 0.05) is 26.5 Å². The number of benzene rings is 1. The van der Waals surface area contributed by atoms with Gasteiger partial charge in [0.2, 0.25) is 10.0 Å². The first-order valence-electron chi connectivity index (χ1n) is 6.50. The average molecular weight is 335 g/mol. The molecular weight excluding hydrogens is 314 g/mol. The number of nitrogens with zero attached hydrogens (tertiary/aromatic N) is 1. The fourth-order valence-electron chi connectivity index (χ4n) is 1.71. The van der Waals surface area contributed by atoms with Crippen LogP contribution in [0.3, 0.4) is 0 Å². The standard InChI is InChI=1S/C13H21NO5S2/c1-14(9-11-20(2,16)17)21(18,19)13-7-5-12(6-8-13)4-3-10-15/h5-8,15H,3-4,9-11H2,1-2H3. The lowest BCUT2D eigenvalue weighted by Gasteiger charge is -2.16. The van der Waals surface area contributed by atoms with Gasteiger partial charge in [0.25, 0.3) is 0 Å². The predicted octanol–water partition coefficient (Wildman–Crippen LogP) is 0.277. The summed E-state index contributed by atoms with van der Waals surface area (Å²) in [6.45, 7) is 0.0156. The van der Waals surface area contributed by atoms with Gasteiger partial charge in [-0.25, -0.2) is 16.8 Å². The second kappa shape index (κ2) is 7.35. The molecule has 0 unspecified atom stereocenters. The highest BCUT2D eigenvalue weighted by Crippen LogP contribution is 2.16. The van der Waals surface area contributed by atoms with Gasteiger partial charge >= 0.3 is 0 Å². The number of aliphatic hydroxyl groups excluding tert-OH is 1. The fraction of sp³-hybridized carbons (Fsp3) is 0.538. The Bertz CT molecular complexity index is 650. The first-order valence-corrected chi connectivity index (χ1v) is 10.0. The van der Waals surface area contributed by atoms with Crippen LogP contribution in [0.5, 0.6) is 0 Å². The smallest absolute Gasteiger partial charge is 0.242 e. The van der Waals surface area contributed by atoms with Crippen molar-refractivity contribution >= 4 is 19.9 Å². The number of sulfonamides is 1. The van der Waals surface area contributed by atoms with E-state index in [9.17, 15) is 16.8 Å². The Labute approximate surface area is 126 Å². The van der Waals surface area contributed by atoms with Crippen LogP contribution in [0.1, 0.15) is 12.0 Å². The number of sulfone groups is 1. The lowest BCUT2D eigenvalue weighted by molar-refractivity contribution is 0.288. The van der Waals surface area contributed by atoms with Crippen molar-refractivity contribution in [1.29, 1.82) is 0 Å². The molecule has 0 aliphatic heterocycles. The van der Waals surface area contributed by atoms with Crippen molar-refractivity contribution in [3.8, 4) is 0 Å². The van der Waals surface area contributed by atoms with Crippen LogP contribution in [-0.4, -0.2) is 58.5 Å². The number of hydrogen-bond acceptors (Lipinski definition) is 5. The Morgan fingerprint density at radius 2 is 1.67 bits per heavy atom. The zero-order valence-corrected chi connectivity index (χ0v) is 13.8. The van der Waals surface area contributed by atoms with Crippen molar-refractivity contribution in [3.63, 3.8) is 0 Å². The molecule has 1 aromatic carbocycles. The van der Waals surface area contributed by atoms with Crippen molar-refractivity contribution in [3.05, 3.63) is 29.8 Å². The Morgan fingerprint density at radius 3 is 2.14 bits per heavy atom. The number of hydrogen-bond donors (Lipinski definition) is 1. The number of aliphatic hydroxyl groups is 1. The monoisotopic (exact) mass is 335 g/mol. The van der Waals surface area contributed by atoms with Crippen LogP contribution in [0.2, 0.25) is 0 Å². The highest BCUT2D eigenvalue weighted by molar-refractivity contribution is 7.91. The first kappa shape index (κ1) is 18.1. The quantitative estimate of drug-likeness (QED) is 0.736. The van der Waals surface area contributed by atoms with Gasteiger partial charge in [-0.3, -0.25) is 0 Å². The summed E-state index contributed by atoms with van der Waals surface area (Å²) in [7, 11) is -5.53. The zero-order valence-electron chi connectivity index (χ0n) is 12.2. The van der Waals surface area contributed by atoms with Crippen molar-refractivity contribution in [2.45, 2.75) is 17.7 Å².